The van der Waals surface area contributed by atoms with Crippen molar-refractivity contribution in [1.29, 1.82) is 0 Å². The molecular weight excluding hydrogens is 845 g/mol. The minimum atomic E-state index is -5.12. The molecule has 1 aromatic carbocycles. The Bertz CT molecular complexity index is 2070. The van der Waals surface area contributed by atoms with Gasteiger partial charge in [-0.1, -0.05) is 29.4 Å². The summed E-state index contributed by atoms with van der Waals surface area (Å²) >= 11 is 0. The molecule has 2 amide bonds. The minimum absolute atomic E-state index is 0.0493. The molecule has 1 aliphatic heterocycles. The van der Waals surface area contributed by atoms with Gasteiger partial charge in [0.05, 0.1) is 32.5 Å². The summed E-state index contributed by atoms with van der Waals surface area (Å²) in [5, 5.41) is 12.3. The van der Waals surface area contributed by atoms with Crippen LogP contribution in [0.15, 0.2) is 45.2 Å². The van der Waals surface area contributed by atoms with Gasteiger partial charge in [-0.2, -0.15) is 4.31 Å². The predicted molar refractivity (Wildman–Crippen MR) is 207 cm³/mol. The van der Waals surface area contributed by atoms with Crippen LogP contribution in [-0.4, -0.2) is 114 Å². The summed E-state index contributed by atoms with van der Waals surface area (Å²) < 4.78 is 59.9. The number of aromatic nitrogens is 2. The van der Waals surface area contributed by atoms with Gasteiger partial charge < -0.3 is 49.6 Å². The first-order chi connectivity index (χ1) is 28.1. The molecule has 27 heteroatoms. The molecule has 0 spiro atoms. The van der Waals surface area contributed by atoms with Crippen molar-refractivity contribution in [1.82, 2.24) is 25.5 Å². The van der Waals surface area contributed by atoms with Crippen LogP contribution in [0.5, 0.6) is 5.75 Å². The van der Waals surface area contributed by atoms with Gasteiger partial charge >= 0.3 is 21.3 Å². The van der Waals surface area contributed by atoms with E-state index < -0.39 is 66.3 Å². The van der Waals surface area contributed by atoms with Crippen molar-refractivity contribution in [2.24, 2.45) is 5.11 Å². The summed E-state index contributed by atoms with van der Waals surface area (Å²) in [5.41, 5.74) is 7.56. The third kappa shape index (κ3) is 17.3. The van der Waals surface area contributed by atoms with Crippen LogP contribution in [0.4, 0.5) is 0 Å². The normalized spacial score (nSPS) is 19.4. The van der Waals surface area contributed by atoms with Crippen LogP contribution in [0, 0.1) is 11.8 Å². The Morgan fingerprint density at radius 1 is 1.15 bits per heavy atom. The largest absolute Gasteiger partial charge is 0.491 e. The number of aromatic amines is 1. The lowest BCUT2D eigenvalue weighted by Gasteiger charge is -2.26. The highest BCUT2D eigenvalue weighted by Crippen LogP contribution is 2.64. The number of H-pyrrole nitrogens is 1. The number of ether oxygens (including phenoxy) is 4. The third-order valence-corrected chi connectivity index (χ3v) is 12.1. The maximum absolute atomic E-state index is 12.5. The second-order valence-electron chi connectivity index (χ2n) is 12.7. The molecule has 2 fully saturated rings. The molecule has 1 aliphatic carbocycles. The Kier molecular flexibility index (Phi) is 19.2. The van der Waals surface area contributed by atoms with Crippen molar-refractivity contribution in [2.75, 3.05) is 59.3 Å². The van der Waals surface area contributed by atoms with E-state index in [1.54, 1.807) is 24.3 Å². The van der Waals surface area contributed by atoms with Gasteiger partial charge in [-0.25, -0.2) is 18.2 Å². The van der Waals surface area contributed by atoms with Gasteiger partial charge in [0.1, 0.15) is 30.8 Å². The van der Waals surface area contributed by atoms with Crippen LogP contribution in [0.1, 0.15) is 54.3 Å². The van der Waals surface area contributed by atoms with E-state index in [2.05, 4.69) is 51.4 Å². The van der Waals surface area contributed by atoms with E-state index >= 15 is 0 Å². The number of nitrogens with zero attached hydrogens (tertiary/aromatic N) is 4. The molecular formula is C32H45N8O16P3. The molecule has 1 saturated carbocycles. The zero-order valence-electron chi connectivity index (χ0n) is 31.7. The topological polar surface area (TPSA) is 333 Å². The molecule has 7 N–H and O–H groups in total. The zero-order chi connectivity index (χ0) is 42.8. The Morgan fingerprint density at radius 3 is 2.68 bits per heavy atom. The van der Waals surface area contributed by atoms with Crippen molar-refractivity contribution in [3.63, 3.8) is 0 Å². The molecule has 2 aromatic rings. The van der Waals surface area contributed by atoms with E-state index in [9.17, 15) is 38.1 Å². The molecule has 0 bridgehead atoms. The highest BCUT2D eigenvalue weighted by atomic mass is 31.3. The average molecular weight is 891 g/mol. The average Bonchev–Trinajstić information content (AvgIpc) is 3.62. The van der Waals surface area contributed by atoms with E-state index in [4.69, 9.17) is 33.9 Å². The van der Waals surface area contributed by atoms with E-state index in [-0.39, 0.29) is 57.3 Å². The van der Waals surface area contributed by atoms with Crippen molar-refractivity contribution < 1.29 is 65.5 Å². The molecule has 59 heavy (non-hydrogen) atoms. The summed E-state index contributed by atoms with van der Waals surface area (Å²) in [7, 11) is -12.6. The highest BCUT2D eigenvalue weighted by molar-refractivity contribution is 7.66. The van der Waals surface area contributed by atoms with Crippen LogP contribution in [-0.2, 0) is 41.3 Å². The number of rotatable bonds is 24. The second kappa shape index (κ2) is 23.7. The number of benzene rings is 1. The number of azide groups is 1. The van der Waals surface area contributed by atoms with Crippen LogP contribution in [0.25, 0.3) is 10.4 Å². The lowest BCUT2D eigenvalue weighted by atomic mass is 9.93. The monoisotopic (exact) mass is 890 g/mol. The SMILES string of the molecule is CP(O)OP(=O)(O)OP(=O)(O)OC[C@@H]1CC[C@H](n2cc(C#CCNC(=O)COCCOC(COc3cccc(C(=O)NCCNC4CCC4)c3)N=[N+]=[N-])c(=O)[nH]c2=O)O1. The number of nitrogens with one attached hydrogen (secondary N) is 4. The van der Waals surface area contributed by atoms with Crippen LogP contribution < -0.4 is 31.9 Å². The van der Waals surface area contributed by atoms with E-state index in [0.717, 1.165) is 30.3 Å². The molecule has 4 rings (SSSR count). The number of carbonyl (C=O) groups is 2. The third-order valence-electron chi connectivity index (χ3n) is 8.20. The van der Waals surface area contributed by atoms with Crippen LogP contribution >= 0.6 is 24.0 Å². The van der Waals surface area contributed by atoms with Gasteiger partial charge in [-0.05, 0) is 49.4 Å². The summed E-state index contributed by atoms with van der Waals surface area (Å²) in [6, 6.07) is 7.05. The molecule has 6 atom stereocenters. The highest BCUT2D eigenvalue weighted by Gasteiger charge is 2.38. The Labute approximate surface area is 338 Å². The van der Waals surface area contributed by atoms with Crippen molar-refractivity contribution >= 4 is 35.8 Å². The Balaban J connectivity index is 1.13. The number of hydrogen-bond donors (Lipinski definition) is 7. The lowest BCUT2D eigenvalue weighted by Crippen LogP contribution is -2.40. The first-order valence-corrected chi connectivity index (χ1v) is 22.7. The summed E-state index contributed by atoms with van der Waals surface area (Å²) in [6.45, 7) is 0.785. The second-order valence-corrected chi connectivity index (χ2v) is 17.1. The van der Waals surface area contributed by atoms with Gasteiger partial charge in [-0.3, -0.25) is 28.5 Å². The maximum atomic E-state index is 12.5. The first kappa shape index (κ1) is 47.7. The Hall–Kier alpha value is -4.00. The smallest absolute Gasteiger partial charge is 0.486 e. The summed E-state index contributed by atoms with van der Waals surface area (Å²) in [6.07, 6.45) is 2.25. The number of amides is 2. The fraction of sp³-hybridized carbons (Fsp3) is 0.562. The van der Waals surface area contributed by atoms with E-state index in [1.807, 2.05) is 0 Å². The van der Waals surface area contributed by atoms with E-state index in [0.29, 0.717) is 30.4 Å². The minimum Gasteiger partial charge on any atom is -0.491 e. The predicted octanol–water partition coefficient (Wildman–Crippen LogP) is 1.49. The fourth-order valence-corrected chi connectivity index (χ4v) is 8.44. The lowest BCUT2D eigenvalue weighted by molar-refractivity contribution is -0.126. The molecule has 1 aromatic heterocycles. The fourth-order valence-electron chi connectivity index (χ4n) is 5.27. The molecule has 4 unspecified atom stereocenters. The molecule has 324 valence electrons. The van der Waals surface area contributed by atoms with Gasteiger partial charge in [0.25, 0.3) is 11.5 Å². The number of carbonyl (C=O) groups excluding carboxylic acids is 2. The summed E-state index contributed by atoms with van der Waals surface area (Å²) in [5.74, 6) is 4.71. The van der Waals surface area contributed by atoms with Gasteiger partial charge in [0.2, 0.25) is 5.91 Å². The molecule has 2 heterocycles. The molecule has 1 saturated heterocycles. The van der Waals surface area contributed by atoms with Crippen LogP contribution in [0.3, 0.4) is 0 Å². The molecule has 24 nitrogen and oxygen atoms in total. The summed E-state index contributed by atoms with van der Waals surface area (Å²) in [4.78, 5) is 82.7. The Morgan fingerprint density at radius 2 is 1.95 bits per heavy atom. The maximum Gasteiger partial charge on any atom is 0.486 e. The quantitative estimate of drug-likeness (QED) is 0.0196. The standard InChI is InChI=1S/C32H45N8O16P3/c1-57(45)55-59(48,49)56-58(46,47)53-19-26-10-11-29(54-26)40-18-23(31(43)37-32(40)44)6-4-12-35-27(41)20-50-15-16-51-28(38-39-33)21-52-25-9-2-5-22(17-25)30(42)36-14-13-34-24-7-3-8-24/h2,5,9,17-18,24,26,28-29,34,45H,3,7-8,10-16,19-21H2,1H3,(H,35,41)(H,36,42)(H,46,47)(H,48,49)(H,37,43,44)/t26-,28?,29+,57?/m0/s1. The van der Waals surface area contributed by atoms with Gasteiger partial charge in [-0.15, -0.1) is 0 Å². The van der Waals surface area contributed by atoms with Crippen LogP contribution in [0.2, 0.25) is 0 Å². The van der Waals surface area contributed by atoms with Crippen molar-refractivity contribution in [3.8, 4) is 17.6 Å². The zero-order valence-corrected chi connectivity index (χ0v) is 34.4. The number of hydrogen-bond acceptors (Lipinski definition) is 16. The van der Waals surface area contributed by atoms with Crippen molar-refractivity contribution in [2.45, 2.75) is 56.7 Å². The van der Waals surface area contributed by atoms with E-state index in [1.165, 1.54) is 6.42 Å². The van der Waals surface area contributed by atoms with Gasteiger partial charge in [0.15, 0.2) is 14.6 Å². The molecule has 0 radical (unpaired) electrons. The number of phosphoric acid groups is 2. The first-order valence-electron chi connectivity index (χ1n) is 18.0. The van der Waals surface area contributed by atoms with Gasteiger partial charge in [0, 0.05) is 42.5 Å². The number of phosphoric ester groups is 1. The molecule has 2 aliphatic rings. The van der Waals surface area contributed by atoms with Crippen molar-refractivity contribution in [3.05, 3.63) is 72.9 Å².